The summed E-state index contributed by atoms with van der Waals surface area (Å²) in [6.45, 7) is 0. The van der Waals surface area contributed by atoms with Gasteiger partial charge in [-0.2, -0.15) is 0 Å². The minimum atomic E-state index is 0.0645. The molecule has 0 heterocycles. The summed E-state index contributed by atoms with van der Waals surface area (Å²) < 4.78 is 0. The summed E-state index contributed by atoms with van der Waals surface area (Å²) in [4.78, 5) is 4.76. The molecule has 2 nitrogen and oxygen atoms in total. The van der Waals surface area contributed by atoms with Gasteiger partial charge in [-0.25, -0.2) is 0 Å². The van der Waals surface area contributed by atoms with E-state index in [-0.39, 0.29) is 17.8 Å². The molecule has 280 valence electrons. The van der Waals surface area contributed by atoms with E-state index in [1.165, 1.54) is 50.1 Å². The first-order chi connectivity index (χ1) is 29.3. The van der Waals surface area contributed by atoms with Gasteiger partial charge in [0.25, 0.3) is 0 Å². The van der Waals surface area contributed by atoms with Crippen LogP contribution in [0.25, 0.3) is 0 Å². The van der Waals surface area contributed by atoms with E-state index in [9.17, 15) is 0 Å². The Morgan fingerprint density at radius 3 is 1.07 bits per heavy atom. The number of hydrogen-bond donors (Lipinski definition) is 0. The van der Waals surface area contributed by atoms with Gasteiger partial charge in [0.15, 0.2) is 0 Å². The van der Waals surface area contributed by atoms with Gasteiger partial charge in [-0.15, -0.1) is 0 Å². The molecule has 0 N–H and O–H groups in total. The average molecular weight is 755 g/mol. The molecule has 0 fully saturated rings. The topological polar surface area (TPSA) is 6.48 Å². The summed E-state index contributed by atoms with van der Waals surface area (Å²) in [6, 6.07) is 86.8. The molecule has 0 saturated carbocycles. The first kappa shape index (κ1) is 34.8. The summed E-state index contributed by atoms with van der Waals surface area (Å²) in [5, 5.41) is 0. The molecular formula is C57H42N2. The molecule has 9 aromatic rings. The van der Waals surface area contributed by atoms with Gasteiger partial charge in [-0.1, -0.05) is 170 Å². The lowest BCUT2D eigenvalue weighted by atomic mass is 9.61. The molecule has 3 atom stereocenters. The number of benzene rings is 9. The maximum Gasteiger partial charge on any atom is 0.0482 e. The normalized spacial score (nSPS) is 16.0. The highest BCUT2D eigenvalue weighted by atomic mass is 15.2. The number of nitrogens with zero attached hydrogens (tertiary/aromatic N) is 2. The lowest BCUT2D eigenvalue weighted by molar-refractivity contribution is 0.754. The Labute approximate surface area is 346 Å². The van der Waals surface area contributed by atoms with Crippen molar-refractivity contribution in [2.75, 3.05) is 9.80 Å². The number of rotatable bonds is 8. The third kappa shape index (κ3) is 6.04. The van der Waals surface area contributed by atoms with E-state index in [1.54, 1.807) is 0 Å². The van der Waals surface area contributed by atoms with Crippen LogP contribution in [0.2, 0.25) is 0 Å². The van der Waals surface area contributed by atoms with Crippen molar-refractivity contribution >= 4 is 34.1 Å². The second-order valence-corrected chi connectivity index (χ2v) is 15.6. The molecule has 0 spiro atoms. The highest BCUT2D eigenvalue weighted by Crippen LogP contribution is 2.57. The highest BCUT2D eigenvalue weighted by molar-refractivity contribution is 5.84. The average Bonchev–Trinajstić information content (AvgIpc) is 3.31. The third-order valence-electron chi connectivity index (χ3n) is 12.3. The summed E-state index contributed by atoms with van der Waals surface area (Å²) >= 11 is 0. The van der Waals surface area contributed by atoms with Crippen LogP contribution < -0.4 is 9.80 Å². The first-order valence-corrected chi connectivity index (χ1v) is 20.6. The van der Waals surface area contributed by atoms with Crippen molar-refractivity contribution in [3.8, 4) is 0 Å². The molecule has 0 amide bonds. The highest BCUT2D eigenvalue weighted by Gasteiger charge is 2.42. The van der Waals surface area contributed by atoms with Crippen LogP contribution in [0.3, 0.4) is 0 Å². The largest absolute Gasteiger partial charge is 0.310 e. The van der Waals surface area contributed by atoms with Crippen molar-refractivity contribution in [2.24, 2.45) is 0 Å². The minimum Gasteiger partial charge on any atom is -0.310 e. The molecule has 0 bridgehead atoms. The second-order valence-electron chi connectivity index (χ2n) is 15.6. The predicted octanol–water partition coefficient (Wildman–Crippen LogP) is 14.8. The van der Waals surface area contributed by atoms with Crippen LogP contribution in [-0.4, -0.2) is 0 Å². The summed E-state index contributed by atoms with van der Waals surface area (Å²) in [7, 11) is 0. The molecule has 2 heteroatoms. The maximum atomic E-state index is 2.49. The van der Waals surface area contributed by atoms with E-state index >= 15 is 0 Å². The molecule has 9 aromatic carbocycles. The maximum absolute atomic E-state index is 2.49. The van der Waals surface area contributed by atoms with Crippen LogP contribution in [0.1, 0.15) is 67.8 Å². The molecule has 0 saturated heterocycles. The van der Waals surface area contributed by atoms with Crippen molar-refractivity contribution < 1.29 is 0 Å². The van der Waals surface area contributed by atoms with Crippen LogP contribution in [0.15, 0.2) is 237 Å². The van der Waals surface area contributed by atoms with Crippen molar-refractivity contribution in [3.05, 3.63) is 287 Å². The Balaban J connectivity index is 1.12. The second kappa shape index (κ2) is 14.8. The Kier molecular flexibility index (Phi) is 8.74. The zero-order valence-electron chi connectivity index (χ0n) is 32.6. The van der Waals surface area contributed by atoms with Crippen molar-refractivity contribution in [1.82, 2.24) is 0 Å². The van der Waals surface area contributed by atoms with Crippen molar-refractivity contribution in [1.29, 1.82) is 0 Å². The van der Waals surface area contributed by atoms with E-state index in [1.807, 2.05) is 0 Å². The molecule has 3 unspecified atom stereocenters. The van der Waals surface area contributed by atoms with Gasteiger partial charge in [0, 0.05) is 51.9 Å². The standard InChI is InChI=1S/C57H42N2/c1-6-20-40(21-7-1)54-48-32-16-17-33-49(48)56-50-37-36-47(39-53(50)55(41-22-8-2-9-23-41)52-35-19-34-51(54)57(52)56)59(44-28-14-5-15-29-44)46-31-18-30-45(38-46)58(42-24-10-3-11-25-42)43-26-12-4-13-27-43/h1-39,54-56H. The zero-order chi connectivity index (χ0) is 39.1. The molecule has 11 rings (SSSR count). The molecule has 0 aromatic heterocycles. The fraction of sp³-hybridized carbons (Fsp3) is 0.0526. The van der Waals surface area contributed by atoms with Gasteiger partial charge in [0.2, 0.25) is 0 Å². The fourth-order valence-corrected chi connectivity index (χ4v) is 9.91. The third-order valence-corrected chi connectivity index (χ3v) is 12.3. The van der Waals surface area contributed by atoms with Gasteiger partial charge in [0.05, 0.1) is 0 Å². The Morgan fingerprint density at radius 2 is 0.559 bits per heavy atom. The Hall–Kier alpha value is -7.42. The minimum absolute atomic E-state index is 0.0645. The molecule has 2 aliphatic rings. The zero-order valence-corrected chi connectivity index (χ0v) is 32.6. The molecule has 2 aliphatic carbocycles. The molecular weight excluding hydrogens is 713 g/mol. The van der Waals surface area contributed by atoms with Gasteiger partial charge in [0.1, 0.15) is 0 Å². The Bertz CT molecular complexity index is 2850. The number of anilines is 6. The van der Waals surface area contributed by atoms with Crippen molar-refractivity contribution in [3.63, 3.8) is 0 Å². The van der Waals surface area contributed by atoms with Crippen LogP contribution in [0.5, 0.6) is 0 Å². The number of fused-ring (bicyclic) bond motifs is 4. The van der Waals surface area contributed by atoms with E-state index < -0.39 is 0 Å². The van der Waals surface area contributed by atoms with Crippen LogP contribution >= 0.6 is 0 Å². The SMILES string of the molecule is c1ccc(C2c3ccccc3C3c4ccc(N(c5ccccc5)c5cccc(N(c6ccccc6)c6ccccc6)c5)cc4C(c4ccccc4)c4cccc2c43)cc1. The summed E-state index contributed by atoms with van der Waals surface area (Å²) in [5.41, 5.74) is 19.1. The van der Waals surface area contributed by atoms with E-state index in [2.05, 4.69) is 246 Å². The van der Waals surface area contributed by atoms with Gasteiger partial charge in [-0.3, -0.25) is 0 Å². The van der Waals surface area contributed by atoms with Crippen molar-refractivity contribution in [2.45, 2.75) is 17.8 Å². The molecule has 59 heavy (non-hydrogen) atoms. The molecule has 0 radical (unpaired) electrons. The first-order valence-electron chi connectivity index (χ1n) is 20.6. The quantitative estimate of drug-likeness (QED) is 0.152. The predicted molar refractivity (Wildman–Crippen MR) is 244 cm³/mol. The van der Waals surface area contributed by atoms with Gasteiger partial charge >= 0.3 is 0 Å². The molecule has 0 aliphatic heterocycles. The van der Waals surface area contributed by atoms with E-state index in [0.717, 1.165) is 34.1 Å². The number of hydrogen-bond acceptors (Lipinski definition) is 2. The monoisotopic (exact) mass is 754 g/mol. The Morgan fingerprint density at radius 1 is 0.220 bits per heavy atom. The van der Waals surface area contributed by atoms with Crippen LogP contribution in [-0.2, 0) is 0 Å². The van der Waals surface area contributed by atoms with Gasteiger partial charge in [-0.05, 0) is 117 Å². The fourth-order valence-electron chi connectivity index (χ4n) is 9.91. The number of para-hydroxylation sites is 3. The summed E-state index contributed by atoms with van der Waals surface area (Å²) in [5.74, 6) is 0.359. The van der Waals surface area contributed by atoms with E-state index in [0.29, 0.717) is 0 Å². The lowest BCUT2D eigenvalue weighted by Gasteiger charge is -2.42. The van der Waals surface area contributed by atoms with Crippen LogP contribution in [0.4, 0.5) is 34.1 Å². The van der Waals surface area contributed by atoms with Gasteiger partial charge < -0.3 is 9.80 Å². The van der Waals surface area contributed by atoms with Crippen LogP contribution in [0, 0.1) is 0 Å². The lowest BCUT2D eigenvalue weighted by Crippen LogP contribution is -2.28. The summed E-state index contributed by atoms with van der Waals surface area (Å²) in [6.07, 6.45) is 0. The smallest absolute Gasteiger partial charge is 0.0482 e. The van der Waals surface area contributed by atoms with E-state index in [4.69, 9.17) is 0 Å².